The van der Waals surface area contributed by atoms with Gasteiger partial charge in [-0.05, 0) is 100 Å². The number of carbonyl (C=O) groups is 1. The molecule has 0 bridgehead atoms. The number of carboxylic acid groups (broad SMARTS) is 1. The monoisotopic (exact) mass is 495 g/mol. The van der Waals surface area contributed by atoms with E-state index >= 15 is 0 Å². The van der Waals surface area contributed by atoms with Gasteiger partial charge in [-0.2, -0.15) is 0 Å². The van der Waals surface area contributed by atoms with Crippen molar-refractivity contribution in [2.24, 2.45) is 34.5 Å². The first-order chi connectivity index (χ1) is 16.5. The zero-order valence-electron chi connectivity index (χ0n) is 21.7. The highest BCUT2D eigenvalue weighted by atomic mass is 16.7. The average molecular weight is 496 g/mol. The highest BCUT2D eigenvalue weighted by Crippen LogP contribution is 2.69. The minimum Gasteiger partial charge on any atom is -0.481 e. The normalized spacial score (nSPS) is 56.1. The van der Waals surface area contributed by atoms with E-state index < -0.39 is 36.7 Å². The van der Waals surface area contributed by atoms with E-state index in [4.69, 9.17) is 9.47 Å². The highest BCUT2D eigenvalue weighted by molar-refractivity contribution is 5.72. The van der Waals surface area contributed by atoms with E-state index in [1.54, 1.807) is 6.92 Å². The lowest BCUT2D eigenvalue weighted by Crippen LogP contribution is -2.67. The van der Waals surface area contributed by atoms with Gasteiger partial charge in [-0.15, -0.1) is 0 Å². The summed E-state index contributed by atoms with van der Waals surface area (Å²) in [6, 6.07) is 0. The van der Waals surface area contributed by atoms with Crippen molar-refractivity contribution in [2.75, 3.05) is 7.05 Å². The van der Waals surface area contributed by atoms with Crippen molar-refractivity contribution < 1.29 is 34.7 Å². The molecule has 8 heteroatoms. The fourth-order valence-electron chi connectivity index (χ4n) is 9.66. The Hall–Kier alpha value is -0.770. The minimum absolute atomic E-state index is 0.0473. The number of nitrogens with one attached hydrogen (secondary N) is 1. The Labute approximate surface area is 208 Å². The molecule has 1 saturated heterocycles. The van der Waals surface area contributed by atoms with E-state index in [2.05, 4.69) is 19.2 Å². The SMILES string of the molecule is CNC12CCC(C(=O)O)[C@@]1(C)CC[C@H]1[C@H]2CCC2CC(O[C@@H]3O[C@@H](C)[C@H](O)[C@@H](O)[C@H]3O)CC[C@@]21C. The van der Waals surface area contributed by atoms with Gasteiger partial charge in [-0.3, -0.25) is 4.79 Å². The summed E-state index contributed by atoms with van der Waals surface area (Å²) in [5.74, 6) is 0.633. The third-order valence-electron chi connectivity index (χ3n) is 11.7. The number of rotatable bonds is 4. The third kappa shape index (κ3) is 3.65. The van der Waals surface area contributed by atoms with Crippen LogP contribution in [0.4, 0.5) is 0 Å². The van der Waals surface area contributed by atoms with Gasteiger partial charge in [-0.25, -0.2) is 0 Å². The Morgan fingerprint density at radius 1 is 0.943 bits per heavy atom. The Bertz CT molecular complexity index is 825. The molecule has 4 saturated carbocycles. The molecule has 0 radical (unpaired) electrons. The summed E-state index contributed by atoms with van der Waals surface area (Å²) in [5.41, 5.74) is -0.146. The molecule has 1 heterocycles. The Balaban J connectivity index is 1.31. The lowest BCUT2D eigenvalue weighted by atomic mass is 9.42. The minimum atomic E-state index is -1.27. The van der Waals surface area contributed by atoms with E-state index in [0.717, 1.165) is 57.8 Å². The van der Waals surface area contributed by atoms with Crippen molar-refractivity contribution >= 4 is 5.97 Å². The van der Waals surface area contributed by atoms with Gasteiger partial charge in [0.15, 0.2) is 6.29 Å². The topological polar surface area (TPSA) is 128 Å². The molecule has 13 atom stereocenters. The summed E-state index contributed by atoms with van der Waals surface area (Å²) in [6.45, 7) is 6.36. The molecule has 4 aliphatic carbocycles. The zero-order valence-corrected chi connectivity index (χ0v) is 21.7. The quantitative estimate of drug-likeness (QED) is 0.376. The maximum atomic E-state index is 12.2. The Morgan fingerprint density at radius 2 is 1.69 bits per heavy atom. The van der Waals surface area contributed by atoms with Crippen LogP contribution in [0.15, 0.2) is 0 Å². The summed E-state index contributed by atoms with van der Waals surface area (Å²) < 4.78 is 11.9. The molecule has 1 aliphatic heterocycles. The molecule has 35 heavy (non-hydrogen) atoms. The lowest BCUT2D eigenvalue weighted by molar-refractivity contribution is -0.309. The van der Waals surface area contributed by atoms with Crippen LogP contribution in [-0.2, 0) is 14.3 Å². The number of aliphatic hydroxyl groups is 3. The van der Waals surface area contributed by atoms with Crippen molar-refractivity contribution in [1.29, 1.82) is 0 Å². The van der Waals surface area contributed by atoms with Crippen LogP contribution < -0.4 is 5.32 Å². The number of fused-ring (bicyclic) bond motifs is 5. The molecule has 0 spiro atoms. The van der Waals surface area contributed by atoms with Crippen molar-refractivity contribution in [3.05, 3.63) is 0 Å². The number of ether oxygens (including phenoxy) is 2. The predicted molar refractivity (Wildman–Crippen MR) is 128 cm³/mol. The number of carboxylic acids is 1. The first-order valence-electron chi connectivity index (χ1n) is 13.8. The van der Waals surface area contributed by atoms with Gasteiger partial charge in [0.25, 0.3) is 0 Å². The van der Waals surface area contributed by atoms with Gasteiger partial charge in [0.2, 0.25) is 0 Å². The third-order valence-corrected chi connectivity index (χ3v) is 11.7. The van der Waals surface area contributed by atoms with Gasteiger partial charge >= 0.3 is 5.97 Å². The number of hydrogen-bond acceptors (Lipinski definition) is 7. The summed E-state index contributed by atoms with van der Waals surface area (Å²) in [7, 11) is 2.05. The van der Waals surface area contributed by atoms with Crippen molar-refractivity contribution in [1.82, 2.24) is 5.32 Å². The molecule has 0 amide bonds. The first-order valence-corrected chi connectivity index (χ1v) is 13.8. The van der Waals surface area contributed by atoms with Crippen LogP contribution >= 0.6 is 0 Å². The zero-order chi connectivity index (χ0) is 25.3. The molecule has 5 aliphatic rings. The van der Waals surface area contributed by atoms with E-state index in [1.165, 1.54) is 0 Å². The number of aliphatic hydroxyl groups excluding tert-OH is 3. The van der Waals surface area contributed by atoms with Crippen LogP contribution in [0.3, 0.4) is 0 Å². The van der Waals surface area contributed by atoms with E-state index in [-0.39, 0.29) is 28.4 Å². The molecule has 200 valence electrons. The largest absolute Gasteiger partial charge is 0.481 e. The molecule has 4 unspecified atom stereocenters. The number of hydrogen-bond donors (Lipinski definition) is 5. The van der Waals surface area contributed by atoms with Crippen molar-refractivity contribution in [2.45, 2.75) is 121 Å². The van der Waals surface area contributed by atoms with Crippen LogP contribution in [0.2, 0.25) is 0 Å². The van der Waals surface area contributed by atoms with Gasteiger partial charge in [0.05, 0.1) is 18.1 Å². The smallest absolute Gasteiger partial charge is 0.307 e. The van der Waals surface area contributed by atoms with Crippen LogP contribution in [-0.4, -0.2) is 75.8 Å². The molecular weight excluding hydrogens is 450 g/mol. The molecule has 5 rings (SSSR count). The Kier molecular flexibility index (Phi) is 6.59. The van der Waals surface area contributed by atoms with E-state index in [9.17, 15) is 25.2 Å². The fraction of sp³-hybridized carbons (Fsp3) is 0.963. The van der Waals surface area contributed by atoms with Crippen LogP contribution in [0.5, 0.6) is 0 Å². The second-order valence-electron chi connectivity index (χ2n) is 12.8. The summed E-state index contributed by atoms with van der Waals surface area (Å²) in [4.78, 5) is 12.2. The first kappa shape index (κ1) is 25.9. The number of aliphatic carboxylic acids is 1. The lowest BCUT2D eigenvalue weighted by Gasteiger charge is -2.65. The Morgan fingerprint density at radius 3 is 2.37 bits per heavy atom. The molecular formula is C27H45NO7. The van der Waals surface area contributed by atoms with Gasteiger partial charge in [-0.1, -0.05) is 13.8 Å². The van der Waals surface area contributed by atoms with E-state index in [1.807, 2.05) is 7.05 Å². The molecule has 0 aromatic carbocycles. The molecule has 8 nitrogen and oxygen atoms in total. The second-order valence-corrected chi connectivity index (χ2v) is 12.8. The molecule has 5 N–H and O–H groups in total. The van der Waals surface area contributed by atoms with Gasteiger partial charge in [0.1, 0.15) is 18.3 Å². The average Bonchev–Trinajstić information content (AvgIpc) is 3.14. The summed E-state index contributed by atoms with van der Waals surface area (Å²) >= 11 is 0. The van der Waals surface area contributed by atoms with Crippen molar-refractivity contribution in [3.63, 3.8) is 0 Å². The van der Waals surface area contributed by atoms with Crippen LogP contribution in [0.1, 0.15) is 78.6 Å². The summed E-state index contributed by atoms with van der Waals surface area (Å²) in [5, 5.41) is 44.3. The molecule has 5 fully saturated rings. The molecule has 0 aromatic heterocycles. The maximum absolute atomic E-state index is 12.2. The molecule has 0 aromatic rings. The second kappa shape index (κ2) is 8.91. The summed E-state index contributed by atoms with van der Waals surface area (Å²) in [6.07, 6.45) is 3.51. The highest BCUT2D eigenvalue weighted by Gasteiger charge is 2.68. The van der Waals surface area contributed by atoms with Crippen LogP contribution in [0, 0.1) is 34.5 Å². The standard InChI is InChI=1S/C27H45NO7/c1-14-20(29)21(30)22(31)24(34-14)35-16-7-10-25(2)15(13-16)5-6-18-17(25)8-11-26(3)19(23(32)33)9-12-27(18,26)28-4/h14-22,24,28-31H,5-13H2,1-4H3,(H,32,33)/t14-,15?,16?,17-,18+,19?,20-,21+,22+,24-,25-,26+,27?/m0/s1. The predicted octanol–water partition coefficient (Wildman–Crippen LogP) is 2.28. The fourth-order valence-corrected chi connectivity index (χ4v) is 9.66. The van der Waals surface area contributed by atoms with E-state index in [0.29, 0.717) is 17.8 Å². The maximum Gasteiger partial charge on any atom is 0.307 e. The van der Waals surface area contributed by atoms with Gasteiger partial charge in [0, 0.05) is 5.54 Å². The van der Waals surface area contributed by atoms with Crippen LogP contribution in [0.25, 0.3) is 0 Å². The van der Waals surface area contributed by atoms with Crippen molar-refractivity contribution in [3.8, 4) is 0 Å². The van der Waals surface area contributed by atoms with Gasteiger partial charge < -0.3 is 35.2 Å².